The van der Waals surface area contributed by atoms with Gasteiger partial charge in [0.15, 0.2) is 11.5 Å². The second-order valence-electron chi connectivity index (χ2n) is 10.5. The average molecular weight is 575 g/mol. The fourth-order valence-corrected chi connectivity index (χ4v) is 6.48. The number of aliphatic hydroxyl groups excluding tert-OH is 1. The van der Waals surface area contributed by atoms with E-state index in [1.807, 2.05) is 24.8 Å². The summed E-state index contributed by atoms with van der Waals surface area (Å²) in [5.41, 5.74) is 0.608. The number of nitrogens with one attached hydrogen (secondary N) is 2. The van der Waals surface area contributed by atoms with Gasteiger partial charge in [-0.3, -0.25) is 14.5 Å². The fourth-order valence-electron chi connectivity index (χ4n) is 4.84. The number of rotatable bonds is 13. The zero-order chi connectivity index (χ0) is 28.7. The lowest BCUT2D eigenvalue weighted by Gasteiger charge is -2.31. The van der Waals surface area contributed by atoms with Crippen molar-refractivity contribution in [2.45, 2.75) is 43.7 Å². The number of likely N-dealkylation sites (tertiary alicyclic amines) is 1. The summed E-state index contributed by atoms with van der Waals surface area (Å²) in [6, 6.07) is 12.3. The van der Waals surface area contributed by atoms with Crippen LogP contribution in [0.4, 0.5) is 0 Å². The zero-order valence-electron chi connectivity index (χ0n) is 22.9. The summed E-state index contributed by atoms with van der Waals surface area (Å²) in [7, 11) is -4.03. The average Bonchev–Trinajstić information content (AvgIpc) is 3.62. The van der Waals surface area contributed by atoms with Crippen LogP contribution in [0.1, 0.15) is 38.3 Å². The topological polar surface area (TPSA) is 138 Å². The van der Waals surface area contributed by atoms with Crippen LogP contribution in [0.3, 0.4) is 0 Å². The Kier molecular flexibility index (Phi) is 10.0. The molecule has 1 fully saturated rings. The molecule has 2 atom stereocenters. The lowest BCUT2D eigenvalue weighted by atomic mass is 10.0. The number of carbonyl (C=O) groups excluding carboxylic acids is 2. The molecule has 0 aliphatic carbocycles. The molecule has 218 valence electrons. The van der Waals surface area contributed by atoms with Gasteiger partial charge in [-0.05, 0) is 49.5 Å². The summed E-state index contributed by atoms with van der Waals surface area (Å²) in [4.78, 5) is 27.2. The monoisotopic (exact) mass is 574 g/mol. The first-order chi connectivity index (χ1) is 19.1. The van der Waals surface area contributed by atoms with Crippen molar-refractivity contribution >= 4 is 21.8 Å². The van der Waals surface area contributed by atoms with Gasteiger partial charge in [0.25, 0.3) is 0 Å². The predicted molar refractivity (Wildman–Crippen MR) is 148 cm³/mol. The van der Waals surface area contributed by atoms with Crippen molar-refractivity contribution in [3.8, 4) is 11.5 Å². The van der Waals surface area contributed by atoms with E-state index in [0.717, 1.165) is 25.9 Å². The lowest BCUT2D eigenvalue weighted by Crippen LogP contribution is -2.48. The highest BCUT2D eigenvalue weighted by molar-refractivity contribution is 7.89. The van der Waals surface area contributed by atoms with Gasteiger partial charge in [-0.1, -0.05) is 44.2 Å². The predicted octanol–water partition coefficient (Wildman–Crippen LogP) is 1.49. The highest BCUT2D eigenvalue weighted by atomic mass is 32.2. The minimum absolute atomic E-state index is 0.0183. The largest absolute Gasteiger partial charge is 0.454 e. The van der Waals surface area contributed by atoms with E-state index >= 15 is 0 Å². The molecule has 0 spiro atoms. The number of ether oxygens (including phenoxy) is 2. The number of carbonyl (C=O) groups is 2. The molecule has 1 saturated heterocycles. The molecule has 4 rings (SSSR count). The van der Waals surface area contributed by atoms with Gasteiger partial charge in [0.1, 0.15) is 0 Å². The summed E-state index contributed by atoms with van der Waals surface area (Å²) in [5, 5.41) is 16.8. The third-order valence-electron chi connectivity index (χ3n) is 6.81. The molecule has 2 aromatic carbocycles. The van der Waals surface area contributed by atoms with Crippen LogP contribution in [0.2, 0.25) is 0 Å². The number of hydrogen-bond acceptors (Lipinski definition) is 8. The lowest BCUT2D eigenvalue weighted by molar-refractivity contribution is -0.127. The standard InChI is InChI=1S/C28H38N4O7S/c1-20(2)16-32(40(36,37)22-10-11-24-25(14-22)39-19-38-24)17-23(33)28(21-8-4-3-5-9-21)30-26(34)15-29-27(35)18-31-12-6-7-13-31/h3-5,8-11,14,20,23,28,33H,6-7,12-13,15-19H2,1-2H3,(H,29,35)(H,30,34)/t23-,28+/m1/s1. The Morgan fingerprint density at radius 3 is 2.40 bits per heavy atom. The molecule has 0 saturated carbocycles. The first kappa shape index (κ1) is 29.8. The van der Waals surface area contributed by atoms with Crippen LogP contribution in [0, 0.1) is 5.92 Å². The molecule has 3 N–H and O–H groups in total. The number of aliphatic hydroxyl groups is 1. The molecule has 2 aliphatic heterocycles. The minimum Gasteiger partial charge on any atom is -0.454 e. The number of nitrogens with zero attached hydrogens (tertiary/aromatic N) is 2. The van der Waals surface area contributed by atoms with E-state index in [1.54, 1.807) is 30.3 Å². The van der Waals surface area contributed by atoms with Gasteiger partial charge in [0.05, 0.1) is 30.1 Å². The number of benzene rings is 2. The number of sulfonamides is 1. The quantitative estimate of drug-likeness (QED) is 0.327. The van der Waals surface area contributed by atoms with E-state index in [9.17, 15) is 23.1 Å². The van der Waals surface area contributed by atoms with Crippen LogP contribution in [0.5, 0.6) is 11.5 Å². The molecule has 11 nitrogen and oxygen atoms in total. The summed E-state index contributed by atoms with van der Waals surface area (Å²) in [6.07, 6.45) is 0.833. The van der Waals surface area contributed by atoms with Gasteiger partial charge >= 0.3 is 0 Å². The third-order valence-corrected chi connectivity index (χ3v) is 8.64. The Hall–Kier alpha value is -3.19. The van der Waals surface area contributed by atoms with Gasteiger partial charge < -0.3 is 25.2 Å². The smallest absolute Gasteiger partial charge is 0.243 e. The molecule has 0 aromatic heterocycles. The Bertz CT molecular complexity index is 1270. The molecular weight excluding hydrogens is 536 g/mol. The van der Waals surface area contributed by atoms with Gasteiger partial charge in [-0.15, -0.1) is 0 Å². The zero-order valence-corrected chi connectivity index (χ0v) is 23.7. The molecule has 2 heterocycles. The first-order valence-corrected chi connectivity index (χ1v) is 15.0. The van der Waals surface area contributed by atoms with Crippen LogP contribution in [-0.4, -0.2) is 86.7 Å². The third kappa shape index (κ3) is 7.72. The Morgan fingerprint density at radius 2 is 1.70 bits per heavy atom. The second kappa shape index (κ2) is 13.4. The molecule has 2 aliphatic rings. The first-order valence-electron chi connectivity index (χ1n) is 13.5. The van der Waals surface area contributed by atoms with Crippen molar-refractivity contribution < 1.29 is 32.6 Å². The molecule has 12 heteroatoms. The van der Waals surface area contributed by atoms with E-state index in [2.05, 4.69) is 10.6 Å². The van der Waals surface area contributed by atoms with Crippen molar-refractivity contribution in [2.24, 2.45) is 5.92 Å². The van der Waals surface area contributed by atoms with E-state index in [0.29, 0.717) is 17.1 Å². The van der Waals surface area contributed by atoms with E-state index < -0.39 is 28.1 Å². The van der Waals surface area contributed by atoms with Crippen LogP contribution in [-0.2, 0) is 19.6 Å². The molecule has 0 bridgehead atoms. The van der Waals surface area contributed by atoms with Crippen LogP contribution < -0.4 is 20.1 Å². The van der Waals surface area contributed by atoms with E-state index in [-0.39, 0.29) is 49.7 Å². The van der Waals surface area contributed by atoms with Crippen LogP contribution >= 0.6 is 0 Å². The fraction of sp³-hybridized carbons (Fsp3) is 0.500. The Morgan fingerprint density at radius 1 is 1.00 bits per heavy atom. The SMILES string of the molecule is CC(C)CN(C[C@@H](O)[C@@H](NC(=O)CNC(=O)CN1CCCC1)c1ccccc1)S(=O)(=O)c1ccc2c(c1)OCO2. The van der Waals surface area contributed by atoms with Crippen molar-refractivity contribution in [3.05, 3.63) is 54.1 Å². The minimum atomic E-state index is -4.03. The molecular formula is C28H38N4O7S. The maximum atomic E-state index is 13.7. The molecule has 0 radical (unpaired) electrons. The number of hydrogen-bond donors (Lipinski definition) is 3. The highest BCUT2D eigenvalue weighted by Crippen LogP contribution is 2.35. The van der Waals surface area contributed by atoms with Crippen molar-refractivity contribution in [3.63, 3.8) is 0 Å². The summed E-state index contributed by atoms with van der Waals surface area (Å²) in [6.45, 7) is 5.38. The van der Waals surface area contributed by atoms with Crippen molar-refractivity contribution in [1.82, 2.24) is 19.8 Å². The van der Waals surface area contributed by atoms with Gasteiger partial charge in [-0.2, -0.15) is 4.31 Å². The van der Waals surface area contributed by atoms with Gasteiger partial charge in [0.2, 0.25) is 28.6 Å². The van der Waals surface area contributed by atoms with Crippen molar-refractivity contribution in [1.29, 1.82) is 0 Å². The second-order valence-corrected chi connectivity index (χ2v) is 12.5. The Labute approximate surface area is 235 Å². The number of amides is 2. The van der Waals surface area contributed by atoms with Gasteiger partial charge in [-0.25, -0.2) is 8.42 Å². The van der Waals surface area contributed by atoms with Crippen molar-refractivity contribution in [2.75, 3.05) is 46.1 Å². The van der Waals surface area contributed by atoms with Crippen LogP contribution in [0.25, 0.3) is 0 Å². The van der Waals surface area contributed by atoms with E-state index in [1.165, 1.54) is 16.4 Å². The molecule has 0 unspecified atom stereocenters. The van der Waals surface area contributed by atoms with Crippen LogP contribution in [0.15, 0.2) is 53.4 Å². The summed E-state index contributed by atoms with van der Waals surface area (Å²) < 4.78 is 39.2. The maximum absolute atomic E-state index is 13.7. The van der Waals surface area contributed by atoms with E-state index in [4.69, 9.17) is 9.47 Å². The normalized spacial score (nSPS) is 16.7. The summed E-state index contributed by atoms with van der Waals surface area (Å²) >= 11 is 0. The molecule has 40 heavy (non-hydrogen) atoms. The number of fused-ring (bicyclic) bond motifs is 1. The Balaban J connectivity index is 1.48. The maximum Gasteiger partial charge on any atom is 0.243 e. The molecule has 2 amide bonds. The van der Waals surface area contributed by atoms with Gasteiger partial charge in [0, 0.05) is 19.2 Å². The molecule has 2 aromatic rings. The highest BCUT2D eigenvalue weighted by Gasteiger charge is 2.33. The summed E-state index contributed by atoms with van der Waals surface area (Å²) in [5.74, 6) is 0.0381.